The van der Waals surface area contributed by atoms with E-state index >= 15 is 0 Å². The fraction of sp³-hybridized carbons (Fsp3) is 0.353. The number of furan rings is 1. The summed E-state index contributed by atoms with van der Waals surface area (Å²) in [6.45, 7) is 8.18. The molecule has 1 rings (SSSR count). The summed E-state index contributed by atoms with van der Waals surface area (Å²) in [5.41, 5.74) is 0. The average Bonchev–Trinajstić information content (AvgIpc) is 3.04. The Hall–Kier alpha value is -2.63. The molecule has 0 radical (unpaired) electrons. The highest BCUT2D eigenvalue weighted by Crippen LogP contribution is 2.31. The third-order valence-corrected chi connectivity index (χ3v) is 3.01. The van der Waals surface area contributed by atoms with Crippen molar-refractivity contribution in [3.63, 3.8) is 0 Å². The molecule has 1 aromatic rings. The molecule has 1 heterocycles. The van der Waals surface area contributed by atoms with E-state index in [4.69, 9.17) is 13.9 Å². The standard InChI is InChI=1S/C17H20O6/c1-4-8-22-16(19)15(17(20)23-9-5-2)13(11-12(3)18)14-7-6-10-21-14/h4-7,10,13,15H,1-2,8-9,11H2,3H3. The van der Waals surface area contributed by atoms with Crippen molar-refractivity contribution in [1.82, 2.24) is 0 Å². The summed E-state index contributed by atoms with van der Waals surface area (Å²) < 4.78 is 15.2. The van der Waals surface area contributed by atoms with Gasteiger partial charge in [-0.15, -0.1) is 0 Å². The van der Waals surface area contributed by atoms with Gasteiger partial charge in [-0.1, -0.05) is 25.3 Å². The van der Waals surface area contributed by atoms with Crippen LogP contribution in [-0.2, 0) is 23.9 Å². The zero-order chi connectivity index (χ0) is 17.2. The van der Waals surface area contributed by atoms with E-state index in [1.165, 1.54) is 25.3 Å². The number of Topliss-reactive ketones (excluding diaryl/α,β-unsaturated/α-hetero) is 1. The molecule has 0 spiro atoms. The molecule has 0 amide bonds. The van der Waals surface area contributed by atoms with Crippen LogP contribution in [0.2, 0.25) is 0 Å². The Bertz CT molecular complexity index is 534. The van der Waals surface area contributed by atoms with Crippen LogP contribution >= 0.6 is 0 Å². The van der Waals surface area contributed by atoms with Crippen LogP contribution in [0.1, 0.15) is 25.0 Å². The molecule has 0 aromatic carbocycles. The number of ketones is 1. The number of esters is 2. The van der Waals surface area contributed by atoms with Gasteiger partial charge in [-0.05, 0) is 19.1 Å². The first-order chi connectivity index (χ1) is 11.0. The Balaban J connectivity index is 3.12. The SMILES string of the molecule is C=CCOC(=O)C(C(=O)OCC=C)C(CC(C)=O)c1ccco1. The van der Waals surface area contributed by atoms with Gasteiger partial charge in [-0.3, -0.25) is 9.59 Å². The summed E-state index contributed by atoms with van der Waals surface area (Å²) in [6, 6.07) is 3.21. The number of ether oxygens (including phenoxy) is 2. The summed E-state index contributed by atoms with van der Waals surface area (Å²) >= 11 is 0. The first kappa shape index (κ1) is 18.4. The molecule has 0 saturated heterocycles. The molecule has 6 heteroatoms. The number of rotatable bonds is 10. The Kier molecular flexibility index (Phi) is 7.53. The second-order valence-electron chi connectivity index (χ2n) is 4.84. The molecule has 1 unspecified atom stereocenters. The molecule has 0 fully saturated rings. The Labute approximate surface area is 134 Å². The van der Waals surface area contributed by atoms with Gasteiger partial charge in [0, 0.05) is 12.3 Å². The quantitative estimate of drug-likeness (QED) is 0.374. The van der Waals surface area contributed by atoms with E-state index in [-0.39, 0.29) is 25.4 Å². The van der Waals surface area contributed by atoms with E-state index in [1.807, 2.05) is 0 Å². The van der Waals surface area contributed by atoms with Gasteiger partial charge in [0.25, 0.3) is 0 Å². The predicted molar refractivity (Wildman–Crippen MR) is 82.5 cm³/mol. The molecule has 0 aliphatic rings. The van der Waals surface area contributed by atoms with Gasteiger partial charge in [0.2, 0.25) is 0 Å². The van der Waals surface area contributed by atoms with Crippen LogP contribution < -0.4 is 0 Å². The summed E-state index contributed by atoms with van der Waals surface area (Å²) in [4.78, 5) is 36.1. The molecule has 0 saturated carbocycles. The van der Waals surface area contributed by atoms with E-state index in [9.17, 15) is 14.4 Å². The molecule has 0 bridgehead atoms. The minimum atomic E-state index is -1.30. The van der Waals surface area contributed by atoms with Crippen molar-refractivity contribution in [1.29, 1.82) is 0 Å². The van der Waals surface area contributed by atoms with Crippen molar-refractivity contribution in [3.05, 3.63) is 49.5 Å². The summed E-state index contributed by atoms with van der Waals surface area (Å²) in [6.07, 6.45) is 4.13. The van der Waals surface area contributed by atoms with Gasteiger partial charge in [-0.25, -0.2) is 0 Å². The maximum absolute atomic E-state index is 12.3. The highest BCUT2D eigenvalue weighted by atomic mass is 16.6. The lowest BCUT2D eigenvalue weighted by molar-refractivity contribution is -0.162. The third kappa shape index (κ3) is 5.58. The van der Waals surface area contributed by atoms with Crippen molar-refractivity contribution in [2.24, 2.45) is 5.92 Å². The second-order valence-corrected chi connectivity index (χ2v) is 4.84. The van der Waals surface area contributed by atoms with E-state index < -0.39 is 23.8 Å². The van der Waals surface area contributed by atoms with Gasteiger partial charge in [0.15, 0.2) is 5.92 Å². The molecule has 23 heavy (non-hydrogen) atoms. The van der Waals surface area contributed by atoms with Gasteiger partial charge in [0.1, 0.15) is 24.8 Å². The highest BCUT2D eigenvalue weighted by Gasteiger charge is 2.40. The monoisotopic (exact) mass is 320 g/mol. The summed E-state index contributed by atoms with van der Waals surface area (Å²) in [5.74, 6) is -3.52. The number of hydrogen-bond donors (Lipinski definition) is 0. The Morgan fingerprint density at radius 1 is 1.17 bits per heavy atom. The normalized spacial score (nSPS) is 11.6. The maximum atomic E-state index is 12.3. The number of carbonyl (C=O) groups excluding carboxylic acids is 3. The molecule has 1 atom stereocenters. The van der Waals surface area contributed by atoms with E-state index in [2.05, 4.69) is 13.2 Å². The van der Waals surface area contributed by atoms with Gasteiger partial charge in [0.05, 0.1) is 6.26 Å². The third-order valence-electron chi connectivity index (χ3n) is 3.01. The van der Waals surface area contributed by atoms with Crippen molar-refractivity contribution in [2.45, 2.75) is 19.3 Å². The van der Waals surface area contributed by atoms with Gasteiger partial charge >= 0.3 is 11.9 Å². The van der Waals surface area contributed by atoms with Crippen LogP contribution in [0.5, 0.6) is 0 Å². The van der Waals surface area contributed by atoms with E-state index in [1.54, 1.807) is 12.1 Å². The molecule has 0 N–H and O–H groups in total. The highest BCUT2D eigenvalue weighted by molar-refractivity contribution is 5.96. The zero-order valence-corrected chi connectivity index (χ0v) is 13.0. The average molecular weight is 320 g/mol. The topological polar surface area (TPSA) is 82.8 Å². The summed E-state index contributed by atoms with van der Waals surface area (Å²) in [7, 11) is 0. The van der Waals surface area contributed by atoms with Crippen molar-refractivity contribution in [2.75, 3.05) is 13.2 Å². The van der Waals surface area contributed by atoms with Crippen molar-refractivity contribution >= 4 is 17.7 Å². The molecule has 1 aromatic heterocycles. The van der Waals surface area contributed by atoms with Crippen LogP contribution in [0, 0.1) is 5.92 Å². The van der Waals surface area contributed by atoms with Crippen LogP contribution in [0.15, 0.2) is 48.1 Å². The first-order valence-electron chi connectivity index (χ1n) is 7.09. The molecule has 124 valence electrons. The smallest absolute Gasteiger partial charge is 0.321 e. The lowest BCUT2D eigenvalue weighted by Crippen LogP contribution is -2.34. The van der Waals surface area contributed by atoms with Crippen LogP contribution in [0.25, 0.3) is 0 Å². The second kappa shape index (κ2) is 9.40. The first-order valence-corrected chi connectivity index (χ1v) is 7.09. The lowest BCUT2D eigenvalue weighted by atomic mass is 9.86. The maximum Gasteiger partial charge on any atom is 0.321 e. The molecule has 0 aliphatic carbocycles. The molecule has 6 nitrogen and oxygen atoms in total. The lowest BCUT2D eigenvalue weighted by Gasteiger charge is -2.21. The fourth-order valence-corrected chi connectivity index (χ4v) is 2.08. The molecular weight excluding hydrogens is 300 g/mol. The number of carbonyl (C=O) groups is 3. The van der Waals surface area contributed by atoms with Crippen LogP contribution in [0.3, 0.4) is 0 Å². The fourth-order valence-electron chi connectivity index (χ4n) is 2.08. The van der Waals surface area contributed by atoms with Crippen molar-refractivity contribution in [3.8, 4) is 0 Å². The Morgan fingerprint density at radius 3 is 2.13 bits per heavy atom. The van der Waals surface area contributed by atoms with Crippen LogP contribution in [-0.4, -0.2) is 30.9 Å². The Morgan fingerprint density at radius 2 is 1.74 bits per heavy atom. The van der Waals surface area contributed by atoms with Crippen molar-refractivity contribution < 1.29 is 28.3 Å². The van der Waals surface area contributed by atoms with E-state index in [0.717, 1.165) is 0 Å². The van der Waals surface area contributed by atoms with Crippen LogP contribution in [0.4, 0.5) is 0 Å². The summed E-state index contributed by atoms with van der Waals surface area (Å²) in [5, 5.41) is 0. The zero-order valence-electron chi connectivity index (χ0n) is 13.0. The molecular formula is C17H20O6. The predicted octanol–water partition coefficient (Wildman–Crippen LogP) is 2.42. The van der Waals surface area contributed by atoms with Gasteiger partial charge in [-0.2, -0.15) is 0 Å². The molecule has 0 aliphatic heterocycles. The minimum absolute atomic E-state index is 0.0466. The van der Waals surface area contributed by atoms with Gasteiger partial charge < -0.3 is 18.7 Å². The largest absolute Gasteiger partial charge is 0.469 e. The van der Waals surface area contributed by atoms with E-state index in [0.29, 0.717) is 5.76 Å². The number of hydrogen-bond acceptors (Lipinski definition) is 6. The minimum Gasteiger partial charge on any atom is -0.469 e.